The van der Waals surface area contributed by atoms with E-state index in [4.69, 9.17) is 28.4 Å². The van der Waals surface area contributed by atoms with E-state index in [-0.39, 0.29) is 24.0 Å². The molecule has 0 fully saturated rings. The molecule has 0 saturated carbocycles. The molecule has 6 heteroatoms. The van der Waals surface area contributed by atoms with Gasteiger partial charge in [0.1, 0.15) is 46.7 Å². The highest BCUT2D eigenvalue weighted by Crippen LogP contribution is 2.57. The zero-order valence-corrected chi connectivity index (χ0v) is 23.0. The first-order chi connectivity index (χ1) is 19.6. The zero-order chi connectivity index (χ0) is 27.6. The molecule has 0 aliphatic carbocycles. The summed E-state index contributed by atoms with van der Waals surface area (Å²) in [6, 6.07) is 28.1. The Bertz CT molecular complexity index is 1510. The predicted molar refractivity (Wildman–Crippen MR) is 154 cm³/mol. The molecule has 40 heavy (non-hydrogen) atoms. The third kappa shape index (κ3) is 4.70. The van der Waals surface area contributed by atoms with Crippen molar-refractivity contribution in [2.75, 3.05) is 28.4 Å². The molecule has 2 aliphatic heterocycles. The summed E-state index contributed by atoms with van der Waals surface area (Å²) in [5.74, 6) is 4.62. The van der Waals surface area contributed by atoms with Gasteiger partial charge in [-0.1, -0.05) is 42.5 Å². The van der Waals surface area contributed by atoms with Gasteiger partial charge in [-0.2, -0.15) is 0 Å². The Balaban J connectivity index is 1.50. The first kappa shape index (κ1) is 25.7. The summed E-state index contributed by atoms with van der Waals surface area (Å²) >= 11 is 0. The molecule has 0 N–H and O–H groups in total. The van der Waals surface area contributed by atoms with E-state index in [0.717, 1.165) is 56.8 Å². The minimum atomic E-state index is -0.281. The van der Waals surface area contributed by atoms with Crippen LogP contribution in [-0.2, 0) is 0 Å². The minimum absolute atomic E-state index is 0.0101. The average molecular weight is 537 g/mol. The lowest BCUT2D eigenvalue weighted by atomic mass is 9.71. The van der Waals surface area contributed by atoms with Gasteiger partial charge >= 0.3 is 0 Å². The maximum atomic E-state index is 6.81. The smallest absolute Gasteiger partial charge is 0.135 e. The Morgan fingerprint density at radius 3 is 1.65 bits per heavy atom. The van der Waals surface area contributed by atoms with Gasteiger partial charge in [0.05, 0.1) is 34.4 Å². The van der Waals surface area contributed by atoms with E-state index in [9.17, 15) is 0 Å². The third-order valence-electron chi connectivity index (χ3n) is 7.78. The predicted octanol–water partition coefficient (Wildman–Crippen LogP) is 7.40. The molecule has 0 spiro atoms. The minimum Gasteiger partial charge on any atom is -0.497 e. The van der Waals surface area contributed by atoms with Crippen LogP contribution < -0.4 is 28.4 Å². The average Bonchev–Trinajstić information content (AvgIpc) is 3.02. The van der Waals surface area contributed by atoms with Gasteiger partial charge in [0.15, 0.2) is 0 Å². The number of hydrogen-bond donors (Lipinski definition) is 0. The molecule has 2 aliphatic rings. The van der Waals surface area contributed by atoms with E-state index in [0.29, 0.717) is 0 Å². The number of methoxy groups -OCH3 is 4. The van der Waals surface area contributed by atoms with Crippen molar-refractivity contribution in [1.29, 1.82) is 0 Å². The maximum Gasteiger partial charge on any atom is 0.135 e. The Labute approximate surface area is 234 Å². The van der Waals surface area contributed by atoms with Crippen LogP contribution >= 0.6 is 0 Å². The van der Waals surface area contributed by atoms with E-state index < -0.39 is 0 Å². The van der Waals surface area contributed by atoms with Crippen LogP contribution in [0.1, 0.15) is 40.4 Å². The fourth-order valence-corrected chi connectivity index (χ4v) is 5.69. The molecule has 4 aromatic carbocycles. The summed E-state index contributed by atoms with van der Waals surface area (Å²) < 4.78 is 35.5. The third-order valence-corrected chi connectivity index (χ3v) is 7.78. The Morgan fingerprint density at radius 1 is 0.550 bits per heavy atom. The van der Waals surface area contributed by atoms with E-state index in [1.54, 1.807) is 28.4 Å². The quantitative estimate of drug-likeness (QED) is 0.245. The molecule has 4 aromatic rings. The fourth-order valence-electron chi connectivity index (χ4n) is 5.69. The van der Waals surface area contributed by atoms with E-state index in [1.165, 1.54) is 0 Å². The molecule has 0 unspecified atom stereocenters. The molecule has 6 rings (SSSR count). The van der Waals surface area contributed by atoms with Crippen LogP contribution in [-0.4, -0.2) is 28.4 Å². The van der Waals surface area contributed by atoms with Crippen molar-refractivity contribution in [3.05, 3.63) is 113 Å². The molecule has 0 bridgehead atoms. The topological polar surface area (TPSA) is 55.4 Å². The number of ether oxygens (including phenoxy) is 6. The highest BCUT2D eigenvalue weighted by Gasteiger charge is 2.48. The zero-order valence-electron chi connectivity index (χ0n) is 23.0. The fraction of sp³-hybridized carbons (Fsp3) is 0.235. The molecule has 0 amide bonds. The first-order valence-corrected chi connectivity index (χ1v) is 13.3. The summed E-state index contributed by atoms with van der Waals surface area (Å²) in [4.78, 5) is 0. The summed E-state index contributed by atoms with van der Waals surface area (Å²) in [6.07, 6.45) is 3.89. The van der Waals surface area contributed by atoms with Crippen LogP contribution in [0.25, 0.3) is 6.08 Å². The van der Waals surface area contributed by atoms with Crippen molar-refractivity contribution >= 4 is 6.08 Å². The molecule has 0 radical (unpaired) electrons. The number of allylic oxidation sites excluding steroid dienone is 1. The van der Waals surface area contributed by atoms with Crippen LogP contribution in [0.4, 0.5) is 0 Å². The summed E-state index contributed by atoms with van der Waals surface area (Å²) in [5.41, 5.74) is 4.22. The monoisotopic (exact) mass is 536 g/mol. The van der Waals surface area contributed by atoms with Gasteiger partial charge in [0, 0.05) is 29.2 Å². The Kier molecular flexibility index (Phi) is 6.99. The second-order valence-electron chi connectivity index (χ2n) is 9.89. The first-order valence-electron chi connectivity index (χ1n) is 13.3. The van der Waals surface area contributed by atoms with Crippen molar-refractivity contribution in [2.24, 2.45) is 5.92 Å². The van der Waals surface area contributed by atoms with Gasteiger partial charge in [0.25, 0.3) is 0 Å². The molecular formula is C34H32O6. The molecule has 2 heterocycles. The number of fused-ring (bicyclic) bond motifs is 4. The van der Waals surface area contributed by atoms with Gasteiger partial charge in [-0.3, -0.25) is 0 Å². The lowest BCUT2D eigenvalue weighted by molar-refractivity contribution is -0.00851. The Hall–Kier alpha value is -4.58. The normalized spacial score (nSPS) is 20.8. The largest absolute Gasteiger partial charge is 0.497 e. The van der Waals surface area contributed by atoms with Crippen LogP contribution in [0.15, 0.2) is 91.0 Å². The maximum absolute atomic E-state index is 6.81. The van der Waals surface area contributed by atoms with Crippen molar-refractivity contribution in [1.82, 2.24) is 0 Å². The highest BCUT2D eigenvalue weighted by atomic mass is 16.5. The standard InChI is InChI=1S/C34H32O6/c1-35-23-10-5-21(6-11-23)7-16-28-27-17-14-25(37-3)19-30(27)40-34-29-18-15-26(38-4)20-31(29)39-33(32(28)34)22-8-12-24(36-2)13-9-22/h5-20,28,32-34H,1-4H3/b16-7+/t28-,32-,33-,34+/m0/s1. The lowest BCUT2D eigenvalue weighted by Crippen LogP contribution is -2.39. The second kappa shape index (κ2) is 10.9. The summed E-state index contributed by atoms with van der Waals surface area (Å²) in [7, 11) is 6.68. The second-order valence-corrected chi connectivity index (χ2v) is 9.89. The van der Waals surface area contributed by atoms with Crippen molar-refractivity contribution < 1.29 is 28.4 Å². The van der Waals surface area contributed by atoms with Gasteiger partial charge in [-0.15, -0.1) is 0 Å². The number of hydrogen-bond acceptors (Lipinski definition) is 6. The van der Waals surface area contributed by atoms with Gasteiger partial charge in [0.2, 0.25) is 0 Å². The molecule has 0 aromatic heterocycles. The van der Waals surface area contributed by atoms with Crippen LogP contribution in [0.2, 0.25) is 0 Å². The van der Waals surface area contributed by atoms with Gasteiger partial charge in [-0.25, -0.2) is 0 Å². The van der Waals surface area contributed by atoms with Gasteiger partial charge < -0.3 is 28.4 Å². The molecular weight excluding hydrogens is 504 g/mol. The van der Waals surface area contributed by atoms with E-state index in [2.05, 4.69) is 42.5 Å². The van der Waals surface area contributed by atoms with Crippen LogP contribution in [0, 0.1) is 5.92 Å². The highest BCUT2D eigenvalue weighted by molar-refractivity contribution is 5.57. The molecule has 6 nitrogen and oxygen atoms in total. The number of rotatable bonds is 7. The van der Waals surface area contributed by atoms with Crippen molar-refractivity contribution in [2.45, 2.75) is 18.1 Å². The van der Waals surface area contributed by atoms with Gasteiger partial charge in [-0.05, 0) is 53.6 Å². The van der Waals surface area contributed by atoms with Crippen molar-refractivity contribution in [3.8, 4) is 34.5 Å². The SMILES string of the molecule is COc1ccc(/C=C/[C@H]2c3ccc(OC)cc3O[C@@H]3c4ccc(OC)cc4O[C@@H](c4ccc(OC)cc4)[C@@H]32)cc1. The van der Waals surface area contributed by atoms with E-state index >= 15 is 0 Å². The number of benzene rings is 4. The lowest BCUT2D eigenvalue weighted by Gasteiger charge is -2.46. The molecule has 204 valence electrons. The molecule has 4 atom stereocenters. The molecule has 0 saturated heterocycles. The Morgan fingerprint density at radius 2 is 1.05 bits per heavy atom. The summed E-state index contributed by atoms with van der Waals surface area (Å²) in [6.45, 7) is 0. The van der Waals surface area contributed by atoms with Crippen LogP contribution in [0.5, 0.6) is 34.5 Å². The van der Waals surface area contributed by atoms with Crippen LogP contribution in [0.3, 0.4) is 0 Å². The van der Waals surface area contributed by atoms with Crippen molar-refractivity contribution in [3.63, 3.8) is 0 Å². The van der Waals surface area contributed by atoms with E-state index in [1.807, 2.05) is 54.6 Å². The summed E-state index contributed by atoms with van der Waals surface area (Å²) in [5, 5.41) is 0.